The molecule has 1 atom stereocenters. The third-order valence-corrected chi connectivity index (χ3v) is 2.29. The van der Waals surface area contributed by atoms with Gasteiger partial charge in [0.2, 0.25) is 0 Å². The molecule has 0 aliphatic carbocycles. The Morgan fingerprint density at radius 2 is 1.88 bits per heavy atom. The third kappa shape index (κ3) is 3.21. The van der Waals surface area contributed by atoms with Crippen molar-refractivity contribution in [2.45, 2.75) is 51.9 Å². The van der Waals surface area contributed by atoms with Crippen LogP contribution in [0, 0.1) is 0 Å². The summed E-state index contributed by atoms with van der Waals surface area (Å²) >= 11 is 0. The van der Waals surface area contributed by atoms with E-state index < -0.39 is 17.4 Å². The van der Waals surface area contributed by atoms with Crippen LogP contribution in [0.3, 0.4) is 0 Å². The largest absolute Gasteiger partial charge is 0.433 e. The number of alkyl halides is 3. The van der Waals surface area contributed by atoms with Crippen LogP contribution in [0.25, 0.3) is 0 Å². The van der Waals surface area contributed by atoms with E-state index in [1.54, 1.807) is 27.7 Å². The van der Waals surface area contributed by atoms with Crippen molar-refractivity contribution in [3.8, 4) is 0 Å². The van der Waals surface area contributed by atoms with Crippen LogP contribution in [-0.4, -0.2) is 15.8 Å². The molecule has 17 heavy (non-hydrogen) atoms. The summed E-state index contributed by atoms with van der Waals surface area (Å²) in [5.41, 5.74) is 4.31. The maximum atomic E-state index is 13.0. The Labute approximate surface area is 98.8 Å². The summed E-state index contributed by atoms with van der Waals surface area (Å²) in [5, 5.41) is 3.85. The molecule has 1 aromatic heterocycles. The lowest BCUT2D eigenvalue weighted by Gasteiger charge is -2.24. The number of nitrogens with zero attached hydrogens (tertiary/aromatic N) is 2. The lowest BCUT2D eigenvalue weighted by molar-refractivity contribution is -0.146. The van der Waals surface area contributed by atoms with Crippen molar-refractivity contribution in [2.24, 2.45) is 5.73 Å². The summed E-state index contributed by atoms with van der Waals surface area (Å²) in [6.07, 6.45) is -2.98. The Balaban J connectivity index is 3.31. The average Bonchev–Trinajstić information content (AvgIpc) is 2.44. The molecule has 0 amide bonds. The second kappa shape index (κ2) is 4.33. The van der Waals surface area contributed by atoms with Gasteiger partial charge in [0.05, 0.1) is 11.7 Å². The molecule has 1 heterocycles. The molecule has 6 heteroatoms. The van der Waals surface area contributed by atoms with E-state index in [0.29, 0.717) is 0 Å². The molecule has 0 fully saturated rings. The van der Waals surface area contributed by atoms with Gasteiger partial charge < -0.3 is 5.73 Å². The fourth-order valence-electron chi connectivity index (χ4n) is 1.69. The van der Waals surface area contributed by atoms with Gasteiger partial charge in [0.15, 0.2) is 0 Å². The number of halogens is 3. The van der Waals surface area contributed by atoms with Crippen molar-refractivity contribution in [1.82, 2.24) is 9.78 Å². The molecule has 1 aromatic rings. The molecule has 3 nitrogen and oxygen atoms in total. The van der Waals surface area contributed by atoms with Crippen molar-refractivity contribution in [2.75, 3.05) is 0 Å². The van der Waals surface area contributed by atoms with Crippen LogP contribution in [0.4, 0.5) is 13.2 Å². The minimum atomic E-state index is -4.41. The molecular formula is C11H18F3N3. The number of aromatic nitrogens is 2. The molecule has 0 bridgehead atoms. The molecule has 1 rings (SSSR count). The highest BCUT2D eigenvalue weighted by Gasteiger charge is 2.40. The number of nitrogens with two attached hydrogens (primary N) is 1. The van der Waals surface area contributed by atoms with Gasteiger partial charge in [0.25, 0.3) is 0 Å². The number of hydrogen-bond acceptors (Lipinski definition) is 2. The summed E-state index contributed by atoms with van der Waals surface area (Å²) in [6, 6.07) is -0.325. The van der Waals surface area contributed by atoms with Crippen LogP contribution in [0.5, 0.6) is 0 Å². The van der Waals surface area contributed by atoms with Gasteiger partial charge in [0.1, 0.15) is 5.69 Å². The van der Waals surface area contributed by atoms with Crippen molar-refractivity contribution in [3.05, 3.63) is 17.5 Å². The van der Waals surface area contributed by atoms with Gasteiger partial charge in [-0.05, 0) is 34.1 Å². The Hall–Kier alpha value is -1.04. The quantitative estimate of drug-likeness (QED) is 0.875. The van der Waals surface area contributed by atoms with Crippen molar-refractivity contribution < 1.29 is 13.2 Å². The first-order valence-electron chi connectivity index (χ1n) is 5.43. The van der Waals surface area contributed by atoms with E-state index in [-0.39, 0.29) is 18.0 Å². The highest BCUT2D eigenvalue weighted by Crippen LogP contribution is 2.35. The number of hydrogen-bond donors (Lipinski definition) is 1. The normalized spacial score (nSPS) is 15.1. The maximum absolute atomic E-state index is 13.0. The minimum absolute atomic E-state index is 0.155. The number of rotatable bonds is 2. The van der Waals surface area contributed by atoms with Gasteiger partial charge in [-0.2, -0.15) is 18.3 Å². The SMILES string of the molecule is CC(N)Cc1cnn(C(C)(C)C)c1C(F)(F)F. The van der Waals surface area contributed by atoms with E-state index in [2.05, 4.69) is 5.10 Å². The van der Waals surface area contributed by atoms with Crippen LogP contribution in [0.15, 0.2) is 6.20 Å². The van der Waals surface area contributed by atoms with Gasteiger partial charge in [0, 0.05) is 11.6 Å². The van der Waals surface area contributed by atoms with Gasteiger partial charge >= 0.3 is 6.18 Å². The predicted molar refractivity (Wildman–Crippen MR) is 59.6 cm³/mol. The zero-order valence-corrected chi connectivity index (χ0v) is 10.5. The van der Waals surface area contributed by atoms with Gasteiger partial charge in [-0.1, -0.05) is 0 Å². The lowest BCUT2D eigenvalue weighted by atomic mass is 10.1. The van der Waals surface area contributed by atoms with Crippen molar-refractivity contribution >= 4 is 0 Å². The van der Waals surface area contributed by atoms with Crippen LogP contribution >= 0.6 is 0 Å². The first-order chi connectivity index (χ1) is 7.53. The standard InChI is InChI=1S/C11H18F3N3/c1-7(15)5-8-6-16-17(10(2,3)4)9(8)11(12,13)14/h6-7H,5,15H2,1-4H3. The van der Waals surface area contributed by atoms with E-state index in [1.807, 2.05) is 0 Å². The monoisotopic (exact) mass is 249 g/mol. The molecule has 2 N–H and O–H groups in total. The highest BCUT2D eigenvalue weighted by atomic mass is 19.4. The van der Waals surface area contributed by atoms with Gasteiger partial charge in [-0.3, -0.25) is 4.68 Å². The van der Waals surface area contributed by atoms with Gasteiger partial charge in [-0.25, -0.2) is 0 Å². The van der Waals surface area contributed by atoms with Crippen molar-refractivity contribution in [1.29, 1.82) is 0 Å². The average molecular weight is 249 g/mol. The summed E-state index contributed by atoms with van der Waals surface area (Å²) in [4.78, 5) is 0. The van der Waals surface area contributed by atoms with E-state index in [9.17, 15) is 13.2 Å². The predicted octanol–water partition coefficient (Wildman–Crippen LogP) is 2.55. The van der Waals surface area contributed by atoms with E-state index in [0.717, 1.165) is 4.68 Å². The van der Waals surface area contributed by atoms with Crippen LogP contribution < -0.4 is 5.73 Å². The Bertz CT molecular complexity index is 386. The molecular weight excluding hydrogens is 231 g/mol. The van der Waals surface area contributed by atoms with E-state index >= 15 is 0 Å². The zero-order valence-electron chi connectivity index (χ0n) is 10.5. The zero-order chi connectivity index (χ0) is 13.4. The Morgan fingerprint density at radius 3 is 2.24 bits per heavy atom. The topological polar surface area (TPSA) is 43.8 Å². The van der Waals surface area contributed by atoms with E-state index in [1.165, 1.54) is 6.20 Å². The summed E-state index contributed by atoms with van der Waals surface area (Å²) in [5.74, 6) is 0. The molecule has 0 aromatic carbocycles. The first-order valence-corrected chi connectivity index (χ1v) is 5.43. The first kappa shape index (κ1) is 14.0. The third-order valence-electron chi connectivity index (χ3n) is 2.29. The smallest absolute Gasteiger partial charge is 0.328 e. The van der Waals surface area contributed by atoms with Crippen LogP contribution in [0.2, 0.25) is 0 Å². The fraction of sp³-hybridized carbons (Fsp3) is 0.727. The lowest BCUT2D eigenvalue weighted by Crippen LogP contribution is -2.30. The Kier molecular flexibility index (Phi) is 3.57. The molecule has 1 unspecified atom stereocenters. The Morgan fingerprint density at radius 1 is 1.35 bits per heavy atom. The summed E-state index contributed by atoms with van der Waals surface area (Å²) < 4.78 is 40.1. The second-order valence-corrected chi connectivity index (χ2v) is 5.28. The minimum Gasteiger partial charge on any atom is -0.328 e. The second-order valence-electron chi connectivity index (χ2n) is 5.28. The molecule has 0 aliphatic rings. The highest BCUT2D eigenvalue weighted by molar-refractivity contribution is 5.23. The van der Waals surface area contributed by atoms with Crippen LogP contribution in [-0.2, 0) is 18.1 Å². The van der Waals surface area contributed by atoms with Crippen molar-refractivity contribution in [3.63, 3.8) is 0 Å². The molecule has 0 saturated carbocycles. The maximum Gasteiger partial charge on any atom is 0.433 e. The summed E-state index contributed by atoms with van der Waals surface area (Å²) in [6.45, 7) is 6.73. The van der Waals surface area contributed by atoms with Gasteiger partial charge in [-0.15, -0.1) is 0 Å². The molecule has 0 radical (unpaired) electrons. The van der Waals surface area contributed by atoms with Crippen LogP contribution in [0.1, 0.15) is 39.0 Å². The summed E-state index contributed by atoms with van der Waals surface area (Å²) in [7, 11) is 0. The fourth-order valence-corrected chi connectivity index (χ4v) is 1.69. The van der Waals surface area contributed by atoms with E-state index in [4.69, 9.17) is 5.73 Å². The molecule has 98 valence electrons. The molecule has 0 saturated heterocycles. The molecule has 0 aliphatic heterocycles. The molecule has 0 spiro atoms.